The zero-order valence-electron chi connectivity index (χ0n) is 25.6. The number of hydrogen-bond donors (Lipinski definition) is 2. The fourth-order valence-electron chi connectivity index (χ4n) is 6.36. The Hall–Kier alpha value is -2.64. The quantitative estimate of drug-likeness (QED) is 0.122. The number of carbonyl (C=O) groups is 2. The van der Waals surface area contributed by atoms with E-state index >= 15 is 0 Å². The number of benzene rings is 1. The van der Waals surface area contributed by atoms with E-state index in [2.05, 4.69) is 44.3 Å². The van der Waals surface area contributed by atoms with E-state index in [-0.39, 0.29) is 36.2 Å². The van der Waals surface area contributed by atoms with E-state index in [1.54, 1.807) is 0 Å². The molecule has 2 saturated carbocycles. The van der Waals surface area contributed by atoms with Gasteiger partial charge in [0.15, 0.2) is 0 Å². The van der Waals surface area contributed by atoms with Crippen LogP contribution in [0.1, 0.15) is 95.5 Å². The molecular formula is C35H52O7. The average molecular weight is 585 g/mol. The highest BCUT2D eigenvalue weighted by Crippen LogP contribution is 2.40. The van der Waals surface area contributed by atoms with Gasteiger partial charge in [-0.05, 0) is 79.9 Å². The first-order chi connectivity index (χ1) is 20.3. The Bertz CT molecular complexity index is 953. The van der Waals surface area contributed by atoms with Crippen LogP contribution in [-0.2, 0) is 19.1 Å². The van der Waals surface area contributed by atoms with E-state index < -0.39 is 25.2 Å². The van der Waals surface area contributed by atoms with Gasteiger partial charge >= 0.3 is 11.9 Å². The lowest BCUT2D eigenvalue weighted by molar-refractivity contribution is -0.146. The van der Waals surface area contributed by atoms with Gasteiger partial charge in [-0.25, -0.2) is 9.59 Å². The fraction of sp³-hybridized carbons (Fsp3) is 0.657. The lowest BCUT2D eigenvalue weighted by atomic mass is 9.74. The average Bonchev–Trinajstić information content (AvgIpc) is 3.03. The van der Waals surface area contributed by atoms with Gasteiger partial charge < -0.3 is 24.4 Å². The molecule has 1 aromatic rings. The summed E-state index contributed by atoms with van der Waals surface area (Å²) < 4.78 is 16.9. The first-order valence-corrected chi connectivity index (χ1v) is 16.0. The highest BCUT2D eigenvalue weighted by atomic mass is 16.5. The number of rotatable bonds is 17. The number of aliphatic hydroxyl groups is 2. The normalized spacial score (nSPS) is 22.4. The minimum atomic E-state index is -0.653. The third kappa shape index (κ3) is 10.9. The highest BCUT2D eigenvalue weighted by Gasteiger charge is 2.31. The predicted octanol–water partition coefficient (Wildman–Crippen LogP) is 6.53. The van der Waals surface area contributed by atoms with Crippen LogP contribution in [0.25, 0.3) is 0 Å². The zero-order chi connectivity index (χ0) is 30.3. The van der Waals surface area contributed by atoms with E-state index in [0.29, 0.717) is 11.8 Å². The smallest absolute Gasteiger partial charge is 0.335 e. The monoisotopic (exact) mass is 584 g/mol. The maximum atomic E-state index is 12.1. The maximum absolute atomic E-state index is 12.1. The van der Waals surface area contributed by atoms with E-state index in [1.165, 1.54) is 56.9 Å². The molecule has 2 fully saturated rings. The molecule has 7 nitrogen and oxygen atoms in total. The second-order valence-electron chi connectivity index (χ2n) is 12.4. The zero-order valence-corrected chi connectivity index (χ0v) is 25.6. The molecule has 0 bridgehead atoms. The van der Waals surface area contributed by atoms with Crippen molar-refractivity contribution in [2.75, 3.05) is 33.0 Å². The standard InChI is InChI=1S/C35H52O7/c1-4-5-6-7-27-8-10-28(11-9-27)22-40-33-18-16-30(17-19-33)29-12-14-31(15-13-29)32(23-41-34(38)25(2)20-36)24-42-35(39)26(3)21-37/h16-19,27-29,31-32,36-37H,2-15,20-24H2,1H3. The number of hydrogen-bond acceptors (Lipinski definition) is 7. The van der Waals surface area contributed by atoms with Crippen LogP contribution in [0.15, 0.2) is 48.6 Å². The Morgan fingerprint density at radius 3 is 1.88 bits per heavy atom. The van der Waals surface area contributed by atoms with Crippen LogP contribution in [0, 0.1) is 23.7 Å². The Balaban J connectivity index is 1.45. The van der Waals surface area contributed by atoms with Gasteiger partial charge in [-0.15, -0.1) is 0 Å². The Kier molecular flexibility index (Phi) is 14.6. The van der Waals surface area contributed by atoms with Gasteiger partial charge in [-0.2, -0.15) is 0 Å². The molecule has 0 heterocycles. The maximum Gasteiger partial charge on any atom is 0.335 e. The molecule has 0 unspecified atom stereocenters. The fourth-order valence-corrected chi connectivity index (χ4v) is 6.36. The molecule has 0 amide bonds. The summed E-state index contributed by atoms with van der Waals surface area (Å²) in [5, 5.41) is 18.3. The second kappa shape index (κ2) is 18.1. The van der Waals surface area contributed by atoms with Crippen molar-refractivity contribution in [3.63, 3.8) is 0 Å². The summed E-state index contributed by atoms with van der Waals surface area (Å²) in [5.41, 5.74) is 1.28. The van der Waals surface area contributed by atoms with E-state index in [1.807, 2.05) is 0 Å². The van der Waals surface area contributed by atoms with Gasteiger partial charge in [0.1, 0.15) is 5.75 Å². The predicted molar refractivity (Wildman–Crippen MR) is 164 cm³/mol. The van der Waals surface area contributed by atoms with Crippen LogP contribution in [0.5, 0.6) is 5.75 Å². The molecule has 0 atom stereocenters. The lowest BCUT2D eigenvalue weighted by Gasteiger charge is -2.33. The van der Waals surface area contributed by atoms with Gasteiger partial charge in [0, 0.05) is 5.92 Å². The first-order valence-electron chi connectivity index (χ1n) is 16.0. The van der Waals surface area contributed by atoms with Crippen molar-refractivity contribution in [2.45, 2.75) is 89.9 Å². The van der Waals surface area contributed by atoms with Crippen molar-refractivity contribution in [3.05, 3.63) is 54.1 Å². The topological polar surface area (TPSA) is 102 Å². The molecule has 0 aromatic heterocycles. The highest BCUT2D eigenvalue weighted by molar-refractivity contribution is 5.88. The summed E-state index contributed by atoms with van der Waals surface area (Å²) >= 11 is 0. The van der Waals surface area contributed by atoms with Crippen LogP contribution in [0.3, 0.4) is 0 Å². The molecule has 234 valence electrons. The molecule has 7 heteroatoms. The third-order valence-corrected chi connectivity index (χ3v) is 9.27. The number of esters is 2. The summed E-state index contributed by atoms with van der Waals surface area (Å²) in [6.45, 7) is 9.30. The molecule has 2 aliphatic rings. The Labute approximate surface area is 252 Å². The van der Waals surface area contributed by atoms with E-state index in [0.717, 1.165) is 44.0 Å². The summed E-state index contributed by atoms with van der Waals surface area (Å²) in [7, 11) is 0. The van der Waals surface area contributed by atoms with Crippen molar-refractivity contribution < 1.29 is 34.0 Å². The van der Waals surface area contributed by atoms with Crippen molar-refractivity contribution in [3.8, 4) is 5.75 Å². The summed E-state index contributed by atoms with van der Waals surface area (Å²) in [6.07, 6.45) is 14.5. The summed E-state index contributed by atoms with van der Waals surface area (Å²) in [4.78, 5) is 24.1. The largest absolute Gasteiger partial charge is 0.493 e. The van der Waals surface area contributed by atoms with Gasteiger partial charge in [-0.1, -0.05) is 70.7 Å². The Morgan fingerprint density at radius 2 is 1.36 bits per heavy atom. The molecule has 0 aliphatic heterocycles. The summed E-state index contributed by atoms with van der Waals surface area (Å²) in [5.74, 6) is 1.66. The van der Waals surface area contributed by atoms with Crippen molar-refractivity contribution in [1.29, 1.82) is 0 Å². The van der Waals surface area contributed by atoms with Crippen LogP contribution >= 0.6 is 0 Å². The van der Waals surface area contributed by atoms with Crippen molar-refractivity contribution >= 4 is 11.9 Å². The molecule has 0 saturated heterocycles. The molecule has 0 spiro atoms. The first kappa shape index (κ1) is 33.9. The molecule has 42 heavy (non-hydrogen) atoms. The molecule has 3 rings (SSSR count). The van der Waals surface area contributed by atoms with Crippen molar-refractivity contribution in [2.24, 2.45) is 23.7 Å². The number of ether oxygens (including phenoxy) is 3. The number of aliphatic hydroxyl groups excluding tert-OH is 2. The van der Waals surface area contributed by atoms with E-state index in [4.69, 9.17) is 24.4 Å². The number of unbranched alkanes of at least 4 members (excludes halogenated alkanes) is 2. The van der Waals surface area contributed by atoms with Gasteiger partial charge in [-0.3, -0.25) is 0 Å². The van der Waals surface area contributed by atoms with E-state index in [9.17, 15) is 9.59 Å². The van der Waals surface area contributed by atoms with Gasteiger partial charge in [0.25, 0.3) is 0 Å². The van der Waals surface area contributed by atoms with Crippen LogP contribution in [-0.4, -0.2) is 55.2 Å². The lowest BCUT2D eigenvalue weighted by Crippen LogP contribution is -2.31. The molecule has 2 N–H and O–H groups in total. The van der Waals surface area contributed by atoms with Crippen LogP contribution in [0.2, 0.25) is 0 Å². The molecule has 2 aliphatic carbocycles. The number of carbonyl (C=O) groups excluding carboxylic acids is 2. The summed E-state index contributed by atoms with van der Waals surface area (Å²) in [6, 6.07) is 8.57. The molecular weight excluding hydrogens is 532 g/mol. The Morgan fingerprint density at radius 1 is 0.810 bits per heavy atom. The van der Waals surface area contributed by atoms with Gasteiger partial charge in [0.05, 0.1) is 44.2 Å². The van der Waals surface area contributed by atoms with Crippen LogP contribution in [0.4, 0.5) is 0 Å². The third-order valence-electron chi connectivity index (χ3n) is 9.27. The molecule has 0 radical (unpaired) electrons. The molecule has 1 aromatic carbocycles. The van der Waals surface area contributed by atoms with Crippen molar-refractivity contribution in [1.82, 2.24) is 0 Å². The van der Waals surface area contributed by atoms with Gasteiger partial charge in [0.2, 0.25) is 0 Å². The second-order valence-corrected chi connectivity index (χ2v) is 12.4. The minimum absolute atomic E-state index is 0.0132. The minimum Gasteiger partial charge on any atom is -0.493 e. The SMILES string of the molecule is C=C(CO)C(=O)OCC(COC(=O)C(=C)CO)C1CCC(c2ccc(OCC3CCC(CCCCC)CC3)cc2)CC1. The van der Waals surface area contributed by atoms with Crippen LogP contribution < -0.4 is 4.74 Å².